The highest BCUT2D eigenvalue weighted by Gasteiger charge is 2.30. The predicted molar refractivity (Wildman–Crippen MR) is 64.1 cm³/mol. The van der Waals surface area contributed by atoms with Crippen LogP contribution in [0.3, 0.4) is 0 Å². The maximum absolute atomic E-state index is 12.6. The van der Waals surface area contributed by atoms with Gasteiger partial charge in [-0.2, -0.15) is 13.2 Å². The SMILES string of the molecule is Nc1c(Cl)cncc1-c1cccc(C(F)(F)F)c1. The highest BCUT2D eigenvalue weighted by atomic mass is 35.5. The summed E-state index contributed by atoms with van der Waals surface area (Å²) in [5.74, 6) is 0. The number of nitrogens with two attached hydrogens (primary N) is 1. The molecule has 6 heteroatoms. The van der Waals surface area contributed by atoms with Gasteiger partial charge in [-0.15, -0.1) is 0 Å². The summed E-state index contributed by atoms with van der Waals surface area (Å²) in [6, 6.07) is 4.86. The summed E-state index contributed by atoms with van der Waals surface area (Å²) >= 11 is 5.78. The van der Waals surface area contributed by atoms with Crippen molar-refractivity contribution in [3.63, 3.8) is 0 Å². The topological polar surface area (TPSA) is 38.9 Å². The molecule has 2 N–H and O–H groups in total. The van der Waals surface area contributed by atoms with Crippen molar-refractivity contribution in [3.05, 3.63) is 47.2 Å². The van der Waals surface area contributed by atoms with Crippen LogP contribution < -0.4 is 5.73 Å². The number of nitrogens with zero attached hydrogens (tertiary/aromatic N) is 1. The number of benzene rings is 1. The Hall–Kier alpha value is -1.75. The van der Waals surface area contributed by atoms with Crippen molar-refractivity contribution in [3.8, 4) is 11.1 Å². The lowest BCUT2D eigenvalue weighted by Crippen LogP contribution is -2.04. The zero-order chi connectivity index (χ0) is 13.3. The standard InChI is InChI=1S/C12H8ClF3N2/c13-10-6-18-5-9(11(10)17)7-2-1-3-8(4-7)12(14,15)16/h1-6H,(H2,17,18). The third-order valence-corrected chi connectivity index (χ3v) is 2.74. The van der Waals surface area contributed by atoms with Gasteiger partial charge in [0.1, 0.15) is 0 Å². The number of hydrogen-bond acceptors (Lipinski definition) is 2. The lowest BCUT2D eigenvalue weighted by molar-refractivity contribution is -0.137. The number of nitrogen functional groups attached to an aromatic ring is 1. The van der Waals surface area contributed by atoms with E-state index in [0.29, 0.717) is 11.1 Å². The summed E-state index contributed by atoms with van der Waals surface area (Å²) in [4.78, 5) is 3.82. The van der Waals surface area contributed by atoms with Crippen LogP contribution in [0.4, 0.5) is 18.9 Å². The van der Waals surface area contributed by atoms with Crippen molar-refractivity contribution < 1.29 is 13.2 Å². The van der Waals surface area contributed by atoms with Crippen LogP contribution in [-0.2, 0) is 6.18 Å². The summed E-state index contributed by atoms with van der Waals surface area (Å²) in [5, 5.41) is 0.213. The van der Waals surface area contributed by atoms with Crippen LogP contribution in [0, 0.1) is 0 Å². The lowest BCUT2D eigenvalue weighted by Gasteiger charge is -2.10. The fourth-order valence-corrected chi connectivity index (χ4v) is 1.70. The number of anilines is 1. The molecule has 18 heavy (non-hydrogen) atoms. The number of pyridine rings is 1. The number of alkyl halides is 3. The fraction of sp³-hybridized carbons (Fsp3) is 0.0833. The zero-order valence-corrected chi connectivity index (χ0v) is 9.76. The molecule has 0 spiro atoms. The normalized spacial score (nSPS) is 11.6. The molecular weight excluding hydrogens is 265 g/mol. The number of halogens is 4. The van der Waals surface area contributed by atoms with Crippen LogP contribution >= 0.6 is 11.6 Å². The Morgan fingerprint density at radius 3 is 2.56 bits per heavy atom. The predicted octanol–water partition coefficient (Wildman–Crippen LogP) is 4.00. The molecule has 0 bridgehead atoms. The van der Waals surface area contributed by atoms with Gasteiger partial charge >= 0.3 is 6.18 Å². The van der Waals surface area contributed by atoms with Gasteiger partial charge in [-0.05, 0) is 17.7 Å². The van der Waals surface area contributed by atoms with Crippen LogP contribution in [0.5, 0.6) is 0 Å². The van der Waals surface area contributed by atoms with E-state index in [0.717, 1.165) is 12.1 Å². The van der Waals surface area contributed by atoms with E-state index >= 15 is 0 Å². The maximum Gasteiger partial charge on any atom is 0.416 e. The number of aromatic nitrogens is 1. The third kappa shape index (κ3) is 2.41. The molecule has 2 aromatic rings. The minimum absolute atomic E-state index is 0.213. The first kappa shape index (κ1) is 12.7. The van der Waals surface area contributed by atoms with Crippen LogP contribution in [0.15, 0.2) is 36.7 Å². The number of hydrogen-bond donors (Lipinski definition) is 1. The van der Waals surface area contributed by atoms with E-state index in [2.05, 4.69) is 4.98 Å². The average Bonchev–Trinajstić information content (AvgIpc) is 2.32. The molecule has 0 radical (unpaired) electrons. The van der Waals surface area contributed by atoms with E-state index in [1.54, 1.807) is 0 Å². The first-order chi connectivity index (χ1) is 8.39. The van der Waals surface area contributed by atoms with Crippen molar-refractivity contribution in [1.29, 1.82) is 0 Å². The third-order valence-electron chi connectivity index (χ3n) is 2.44. The summed E-state index contributed by atoms with van der Waals surface area (Å²) in [6.45, 7) is 0. The Balaban J connectivity index is 2.55. The average molecular weight is 273 g/mol. The molecule has 0 amide bonds. The molecule has 2 nitrogen and oxygen atoms in total. The first-order valence-corrected chi connectivity index (χ1v) is 5.34. The van der Waals surface area contributed by atoms with Gasteiger partial charge in [-0.3, -0.25) is 4.98 Å². The van der Waals surface area contributed by atoms with Gasteiger partial charge in [-0.1, -0.05) is 23.7 Å². The summed E-state index contributed by atoms with van der Waals surface area (Å²) in [6.07, 6.45) is -1.67. The van der Waals surface area contributed by atoms with Gasteiger partial charge in [0.05, 0.1) is 16.3 Å². The second-order valence-electron chi connectivity index (χ2n) is 3.66. The van der Waals surface area contributed by atoms with Crippen molar-refractivity contribution in [1.82, 2.24) is 4.98 Å². The highest BCUT2D eigenvalue weighted by Crippen LogP contribution is 2.35. The van der Waals surface area contributed by atoms with E-state index in [1.165, 1.54) is 24.5 Å². The van der Waals surface area contributed by atoms with Gasteiger partial charge < -0.3 is 5.73 Å². The molecule has 0 unspecified atom stereocenters. The molecule has 0 saturated heterocycles. The minimum atomic E-state index is -4.39. The second-order valence-corrected chi connectivity index (χ2v) is 4.07. The van der Waals surface area contributed by atoms with Gasteiger partial charge in [0.2, 0.25) is 0 Å². The van der Waals surface area contributed by atoms with Crippen molar-refractivity contribution >= 4 is 17.3 Å². The van der Waals surface area contributed by atoms with E-state index < -0.39 is 11.7 Å². The van der Waals surface area contributed by atoms with Gasteiger partial charge in [-0.25, -0.2) is 0 Å². The monoisotopic (exact) mass is 272 g/mol. The van der Waals surface area contributed by atoms with E-state index in [-0.39, 0.29) is 10.7 Å². The van der Waals surface area contributed by atoms with E-state index in [9.17, 15) is 13.2 Å². The van der Waals surface area contributed by atoms with Crippen molar-refractivity contribution in [2.75, 3.05) is 5.73 Å². The van der Waals surface area contributed by atoms with Crippen LogP contribution in [0.1, 0.15) is 5.56 Å². The molecule has 1 aromatic heterocycles. The minimum Gasteiger partial charge on any atom is -0.397 e. The molecular formula is C12H8ClF3N2. The lowest BCUT2D eigenvalue weighted by atomic mass is 10.0. The summed E-state index contributed by atoms with van der Waals surface area (Å²) < 4.78 is 37.8. The Morgan fingerprint density at radius 1 is 1.17 bits per heavy atom. The van der Waals surface area contributed by atoms with Crippen molar-refractivity contribution in [2.24, 2.45) is 0 Å². The Bertz CT molecular complexity index is 582. The van der Waals surface area contributed by atoms with Gasteiger partial charge in [0, 0.05) is 18.0 Å². The molecule has 0 aliphatic heterocycles. The molecule has 0 atom stereocenters. The highest BCUT2D eigenvalue weighted by molar-refractivity contribution is 6.33. The largest absolute Gasteiger partial charge is 0.416 e. The van der Waals surface area contributed by atoms with Crippen LogP contribution in [0.25, 0.3) is 11.1 Å². The quantitative estimate of drug-likeness (QED) is 0.852. The molecule has 94 valence electrons. The van der Waals surface area contributed by atoms with Crippen molar-refractivity contribution in [2.45, 2.75) is 6.18 Å². The van der Waals surface area contributed by atoms with E-state index in [4.69, 9.17) is 17.3 Å². The fourth-order valence-electron chi connectivity index (χ4n) is 1.54. The van der Waals surface area contributed by atoms with E-state index in [1.807, 2.05) is 0 Å². The van der Waals surface area contributed by atoms with Gasteiger partial charge in [0.15, 0.2) is 0 Å². The Morgan fingerprint density at radius 2 is 1.89 bits per heavy atom. The maximum atomic E-state index is 12.6. The Kier molecular flexibility index (Phi) is 3.17. The molecule has 0 aliphatic carbocycles. The van der Waals surface area contributed by atoms with Crippen LogP contribution in [0.2, 0.25) is 5.02 Å². The molecule has 0 saturated carbocycles. The molecule has 1 heterocycles. The smallest absolute Gasteiger partial charge is 0.397 e. The first-order valence-electron chi connectivity index (χ1n) is 4.96. The zero-order valence-electron chi connectivity index (χ0n) is 9.00. The summed E-state index contributed by atoms with van der Waals surface area (Å²) in [7, 11) is 0. The molecule has 0 fully saturated rings. The Labute approximate surface area is 106 Å². The van der Waals surface area contributed by atoms with Crippen LogP contribution in [-0.4, -0.2) is 4.98 Å². The number of rotatable bonds is 1. The molecule has 0 aliphatic rings. The van der Waals surface area contributed by atoms with Gasteiger partial charge in [0.25, 0.3) is 0 Å². The summed E-state index contributed by atoms with van der Waals surface area (Å²) in [5.41, 5.74) is 5.91. The second kappa shape index (κ2) is 4.49. The molecule has 2 rings (SSSR count). The molecule has 1 aromatic carbocycles.